The topological polar surface area (TPSA) is 117 Å². The summed E-state index contributed by atoms with van der Waals surface area (Å²) in [6.45, 7) is 52.5. The van der Waals surface area contributed by atoms with Crippen molar-refractivity contribution in [1.29, 1.82) is 0 Å². The van der Waals surface area contributed by atoms with Gasteiger partial charge in [-0.15, -0.1) is 0 Å². The summed E-state index contributed by atoms with van der Waals surface area (Å²) in [5.41, 5.74) is 0. The van der Waals surface area contributed by atoms with E-state index in [2.05, 4.69) is 27.0 Å². The Morgan fingerprint density at radius 3 is 0.639 bits per heavy atom. The largest absolute Gasteiger partial charge is 0.412 e. The molecule has 0 aromatic carbocycles. The van der Waals surface area contributed by atoms with Gasteiger partial charge in [0, 0.05) is 74.3 Å². The molecule has 0 radical (unpaired) electrons. The highest BCUT2D eigenvalue weighted by Crippen LogP contribution is 2.17. The fourth-order valence-electron chi connectivity index (χ4n) is 7.11. The van der Waals surface area contributed by atoms with E-state index in [0.29, 0.717) is 0 Å². The van der Waals surface area contributed by atoms with Crippen molar-refractivity contribution in [2.75, 3.05) is 75.7 Å². The summed E-state index contributed by atoms with van der Waals surface area (Å²) in [6, 6.07) is 0. The lowest BCUT2D eigenvalue weighted by Crippen LogP contribution is -2.21. The zero-order chi connectivity index (χ0) is 64.6. The second-order valence-corrected chi connectivity index (χ2v) is 20.5. The number of hydrogen-bond donors (Lipinski definition) is 2. The summed E-state index contributed by atoms with van der Waals surface area (Å²) in [5, 5.41) is 3.28. The molecule has 8 nitrogen and oxygen atoms in total. The van der Waals surface area contributed by atoms with Gasteiger partial charge in [0.15, 0.2) is 0 Å². The molecule has 11 rings (SSSR count). The van der Waals surface area contributed by atoms with Gasteiger partial charge < -0.3 is 30.0 Å². The minimum Gasteiger partial charge on any atom is -0.412 e. The van der Waals surface area contributed by atoms with Gasteiger partial charge in [-0.2, -0.15) is 11.8 Å². The van der Waals surface area contributed by atoms with Crippen LogP contribution < -0.4 is 5.32 Å². The van der Waals surface area contributed by atoms with Crippen LogP contribution in [0.4, 0.5) is 0 Å². The first-order valence-electron chi connectivity index (χ1n) is 37.2. The molecule has 4 aliphatic carbocycles. The van der Waals surface area contributed by atoms with E-state index in [1.165, 1.54) is 256 Å². The van der Waals surface area contributed by atoms with Gasteiger partial charge in [-0.3, -0.25) is 4.21 Å². The molecule has 4 saturated carbocycles. The van der Waals surface area contributed by atoms with E-state index in [0.717, 1.165) is 51.1 Å². The standard InChI is InChI=1S/2C6H12.C5H11N.C5H10OS.C5H10O.C5H10S.C5H10.C4H8O.C4H8.C3H4N2.C3H6O.11C2H6.H2O/c3*1-2-4-6-5-3-1;6-7-4-2-1-3-5-7;2*1-2-4-6-5-3-1;2*1-2-4-5-3-1;1-2-4-3-1;1-2-5-3-4-1;1-2-4-3-1;11*1-2;/h2*1-6H2;6H,1-5H2;1-5H2;2*1-5H2;1-5H2;1-4H2;1-4H2;1-3H,(H,4,5);1-3H2;11*1-2H3;1H2. The molecule has 1 aromatic heterocycles. The van der Waals surface area contributed by atoms with Gasteiger partial charge in [0.2, 0.25) is 0 Å². The minimum absolute atomic E-state index is 0. The number of rotatable bonds is 0. The van der Waals surface area contributed by atoms with Crippen LogP contribution in [0.25, 0.3) is 0 Å². The number of nitrogens with zero attached hydrogens (tertiary/aromatic N) is 1. The first kappa shape index (κ1) is 110. The molecule has 83 heavy (non-hydrogen) atoms. The van der Waals surface area contributed by atoms with E-state index in [9.17, 15) is 4.21 Å². The van der Waals surface area contributed by atoms with Gasteiger partial charge in [-0.1, -0.05) is 306 Å². The van der Waals surface area contributed by atoms with Crippen LogP contribution in [-0.2, 0) is 25.0 Å². The molecular weight excluding hydrogens is 1060 g/mol. The summed E-state index contributed by atoms with van der Waals surface area (Å²) in [6.07, 6.45) is 56.6. The Balaban J connectivity index is -0.0000000647. The average Bonchev–Trinajstić information content (AvgIpc) is 4.48. The number of H-pyrrole nitrogens is 1. The highest BCUT2D eigenvalue weighted by molar-refractivity contribution is 7.99. The summed E-state index contributed by atoms with van der Waals surface area (Å²) in [4.78, 5) is 6.42. The lowest BCUT2D eigenvalue weighted by molar-refractivity contribution is 0.0367. The van der Waals surface area contributed by atoms with Gasteiger partial charge in [0.1, 0.15) is 0 Å². The zero-order valence-electron chi connectivity index (χ0n) is 62.1. The summed E-state index contributed by atoms with van der Waals surface area (Å²) in [5.74, 6) is 4.75. The van der Waals surface area contributed by atoms with Gasteiger partial charge in [0.05, 0.1) is 6.33 Å². The van der Waals surface area contributed by atoms with Crippen LogP contribution in [0.5, 0.6) is 0 Å². The number of ether oxygens (including phenoxy) is 3. The Kier molecular flexibility index (Phi) is 192. The summed E-state index contributed by atoms with van der Waals surface area (Å²) >= 11 is 2.09. The second-order valence-electron chi connectivity index (χ2n) is 17.5. The number of piperidine rings is 1. The van der Waals surface area contributed by atoms with Crippen molar-refractivity contribution in [3.63, 3.8) is 0 Å². The van der Waals surface area contributed by atoms with Crippen molar-refractivity contribution in [2.24, 2.45) is 0 Å². The Morgan fingerprint density at radius 2 is 0.542 bits per heavy atom. The number of aromatic amines is 1. The fourth-order valence-corrected chi connectivity index (χ4v) is 9.38. The van der Waals surface area contributed by atoms with E-state index in [4.69, 9.17) is 14.2 Å². The lowest BCUT2D eigenvalue weighted by Gasteiger charge is -2.09. The molecular formula is C73H169N3O5S2. The third-order valence-electron chi connectivity index (χ3n) is 11.7. The molecule has 6 saturated heterocycles. The molecule has 0 bridgehead atoms. The van der Waals surface area contributed by atoms with Crippen LogP contribution in [0.2, 0.25) is 0 Å². The normalized spacial score (nSPS) is 17.3. The van der Waals surface area contributed by atoms with Crippen molar-refractivity contribution in [1.82, 2.24) is 15.3 Å². The number of hydrogen-bond acceptors (Lipinski definition) is 7. The van der Waals surface area contributed by atoms with Crippen molar-refractivity contribution in [2.45, 2.75) is 383 Å². The predicted molar refractivity (Wildman–Crippen MR) is 394 cm³/mol. The highest BCUT2D eigenvalue weighted by atomic mass is 32.2. The third-order valence-corrected chi connectivity index (χ3v) is 14.3. The first-order chi connectivity index (χ1) is 40.9. The van der Waals surface area contributed by atoms with E-state index >= 15 is 0 Å². The molecule has 0 amide bonds. The Hall–Kier alpha value is -0.490. The van der Waals surface area contributed by atoms with Crippen LogP contribution in [0.1, 0.15) is 383 Å². The number of aromatic nitrogens is 2. The summed E-state index contributed by atoms with van der Waals surface area (Å²) in [7, 11) is -0.440. The smallest absolute Gasteiger partial charge is 0.0919 e. The molecule has 0 atom stereocenters. The van der Waals surface area contributed by atoms with Crippen molar-refractivity contribution in [3.8, 4) is 0 Å². The molecule has 0 spiro atoms. The maximum absolute atomic E-state index is 10.6. The van der Waals surface area contributed by atoms with Gasteiger partial charge in [0.25, 0.3) is 0 Å². The SMILES string of the molecule is C1CCC1.C1CCCC1.C1CCCCC1.C1CCCCC1.C1CCNCC1.C1CCOC1.C1CCOCC1.C1CCSCC1.C1COC1.CC.CC.CC.CC.CC.CC.CC.CC.CC.CC.CC.O.O=S1CCCCC1.c1c[nH]cn1. The monoisotopic (exact) mass is 1230 g/mol. The van der Waals surface area contributed by atoms with Crippen LogP contribution in [-0.4, -0.2) is 95.4 Å². The Bertz CT molecular complexity index is 692. The Morgan fingerprint density at radius 1 is 0.313 bits per heavy atom. The lowest BCUT2D eigenvalue weighted by atomic mass is 10.0. The van der Waals surface area contributed by atoms with E-state index < -0.39 is 10.8 Å². The Labute approximate surface area is 536 Å². The quantitative estimate of drug-likeness (QED) is 0.266. The van der Waals surface area contributed by atoms with Crippen molar-refractivity contribution >= 4 is 22.6 Å². The molecule has 0 unspecified atom stereocenters. The van der Waals surface area contributed by atoms with Crippen LogP contribution in [0.15, 0.2) is 18.7 Å². The van der Waals surface area contributed by atoms with Crippen LogP contribution in [0.3, 0.4) is 0 Å². The summed E-state index contributed by atoms with van der Waals surface area (Å²) < 4.78 is 25.3. The second kappa shape index (κ2) is 144. The molecule has 10 aliphatic rings. The molecule has 1 aromatic rings. The molecule has 10 fully saturated rings. The maximum Gasteiger partial charge on any atom is 0.0919 e. The van der Waals surface area contributed by atoms with Gasteiger partial charge in [-0.05, 0) is 102 Å². The van der Waals surface area contributed by atoms with Crippen LogP contribution in [0, 0.1) is 0 Å². The predicted octanol–water partition coefficient (Wildman–Crippen LogP) is 25.0. The average molecular weight is 1230 g/mol. The molecule has 7 heterocycles. The van der Waals surface area contributed by atoms with Crippen molar-refractivity contribution < 1.29 is 23.9 Å². The van der Waals surface area contributed by atoms with Crippen LogP contribution >= 0.6 is 11.8 Å². The van der Waals surface area contributed by atoms with E-state index in [1.54, 1.807) is 18.7 Å². The molecule has 10 heteroatoms. The number of thioether (sulfide) groups is 1. The van der Waals surface area contributed by atoms with E-state index in [-0.39, 0.29) is 5.48 Å². The minimum atomic E-state index is -0.440. The molecule has 4 N–H and O–H groups in total. The van der Waals surface area contributed by atoms with Crippen molar-refractivity contribution in [3.05, 3.63) is 18.7 Å². The molecule has 6 aliphatic heterocycles. The highest BCUT2D eigenvalue weighted by Gasteiger charge is 2.04. The maximum atomic E-state index is 10.6. The third kappa shape index (κ3) is 141. The fraction of sp³-hybridized carbons (Fsp3) is 0.959. The van der Waals surface area contributed by atoms with E-state index in [1.807, 2.05) is 152 Å². The number of imidazole rings is 1. The molecule has 518 valence electrons. The van der Waals surface area contributed by atoms with Gasteiger partial charge in [-0.25, -0.2) is 4.98 Å². The first-order valence-corrected chi connectivity index (χ1v) is 39.8. The zero-order valence-corrected chi connectivity index (χ0v) is 63.7. The van der Waals surface area contributed by atoms with Gasteiger partial charge >= 0.3 is 0 Å². The number of nitrogens with one attached hydrogen (secondary N) is 2.